The third kappa shape index (κ3) is 1.69. The summed E-state index contributed by atoms with van der Waals surface area (Å²) in [5.74, 6) is 0. The van der Waals surface area contributed by atoms with E-state index in [1.165, 1.54) is 0 Å². The van der Waals surface area contributed by atoms with Gasteiger partial charge in [0.1, 0.15) is 0 Å². The van der Waals surface area contributed by atoms with Gasteiger partial charge in [0.15, 0.2) is 0 Å². The first kappa shape index (κ1) is 7.74. The van der Waals surface area contributed by atoms with E-state index in [0.29, 0.717) is 0 Å². The van der Waals surface area contributed by atoms with Crippen molar-refractivity contribution in [2.45, 2.75) is 0 Å². The van der Waals surface area contributed by atoms with E-state index in [0.717, 1.165) is 0 Å². The van der Waals surface area contributed by atoms with Gasteiger partial charge in [-0.2, -0.15) is 24.7 Å². The second kappa shape index (κ2) is 3.71. The van der Waals surface area contributed by atoms with Gasteiger partial charge < -0.3 is 0 Å². The first-order valence-corrected chi connectivity index (χ1v) is 1.97. The molecule has 10 heavy (non-hydrogen) atoms. The van der Waals surface area contributed by atoms with Gasteiger partial charge in [-0.15, -0.1) is 0 Å². The van der Waals surface area contributed by atoms with E-state index in [1.54, 1.807) is 5.43 Å². The number of hydrogen-bond acceptors (Lipinski definition) is 1. The first-order valence-electron chi connectivity index (χ1n) is 1.97. The van der Waals surface area contributed by atoms with Gasteiger partial charge in [0.2, 0.25) is 0 Å². The maximum Gasteiger partial charge on any atom is 0.531 e. The molecule has 0 bridgehead atoms. The Labute approximate surface area is 57.0 Å². The van der Waals surface area contributed by atoms with Crippen LogP contribution in [0.1, 0.15) is 0 Å². The largest absolute Gasteiger partial charge is 0.531 e. The Hall–Kier alpha value is -2.26. The highest BCUT2D eigenvalue weighted by Gasteiger charge is 2.25. The molecule has 0 fully saturated rings. The Balaban J connectivity index is 4.13. The lowest BCUT2D eigenvalue weighted by Crippen LogP contribution is -2.25. The van der Waals surface area contributed by atoms with Crippen LogP contribution in [0.4, 0.5) is 4.79 Å². The summed E-state index contributed by atoms with van der Waals surface area (Å²) in [6.45, 7) is 18.6. The van der Waals surface area contributed by atoms with E-state index < -0.39 is 6.03 Å². The summed E-state index contributed by atoms with van der Waals surface area (Å²) < 4.78 is 0. The molecule has 2 amide bonds. The zero-order valence-corrected chi connectivity index (χ0v) is 4.70. The standard InChI is InChI=1S/C4HN5O/c1-5-8-4(10)9(6-2)7-3/h(H,8,10). The molecule has 0 aromatic rings. The molecular weight excluding hydrogens is 134 g/mol. The van der Waals surface area contributed by atoms with Crippen molar-refractivity contribution in [3.05, 3.63) is 34.6 Å². The summed E-state index contributed by atoms with van der Waals surface area (Å²) in [4.78, 5) is 17.9. The molecule has 0 unspecified atom stereocenters. The molecule has 6 heteroatoms. The lowest BCUT2D eigenvalue weighted by molar-refractivity contribution is 0.228. The zero-order valence-electron chi connectivity index (χ0n) is 4.70. The molecule has 0 aliphatic carbocycles. The summed E-state index contributed by atoms with van der Waals surface area (Å²) in [5, 5.41) is 0.123. The molecule has 0 aliphatic rings. The fraction of sp³-hybridized carbons (Fsp3) is 0. The van der Waals surface area contributed by atoms with E-state index in [2.05, 4.69) is 14.9 Å². The van der Waals surface area contributed by atoms with Crippen molar-refractivity contribution in [3.63, 3.8) is 0 Å². The molecule has 1 N–H and O–H groups in total. The lowest BCUT2D eigenvalue weighted by atomic mass is 11.1. The van der Waals surface area contributed by atoms with Gasteiger partial charge in [-0.1, -0.05) is 9.91 Å². The summed E-state index contributed by atoms with van der Waals surface area (Å²) in [5.41, 5.74) is 1.60. The van der Waals surface area contributed by atoms with Crippen molar-refractivity contribution in [3.8, 4) is 0 Å². The minimum Gasteiger partial charge on any atom is -0.226 e. The summed E-state index contributed by atoms with van der Waals surface area (Å²) >= 11 is 0. The van der Waals surface area contributed by atoms with Crippen molar-refractivity contribution in [1.82, 2.24) is 10.5 Å². The molecule has 0 aromatic carbocycles. The Morgan fingerprint density at radius 2 is 1.80 bits per heavy atom. The SMILES string of the molecule is [C-]#[N+]NC(=O)N([N+]#[C-])[N+]#[C-]. The predicted molar refractivity (Wildman–Crippen MR) is 30.2 cm³/mol. The van der Waals surface area contributed by atoms with Gasteiger partial charge in [-0.25, -0.2) is 4.79 Å². The fourth-order valence-electron chi connectivity index (χ4n) is 0.206. The van der Waals surface area contributed by atoms with Crippen molar-refractivity contribution >= 4 is 6.03 Å². The number of carbonyl (C=O) groups is 1. The maximum atomic E-state index is 10.4. The molecule has 0 saturated heterocycles. The molecule has 0 aromatic heterocycles. The Morgan fingerprint density at radius 1 is 1.30 bits per heavy atom. The quantitative estimate of drug-likeness (QED) is 0.381. The number of rotatable bonds is 0. The third-order valence-corrected chi connectivity index (χ3v) is 0.523. The van der Waals surface area contributed by atoms with E-state index in [9.17, 15) is 4.79 Å². The van der Waals surface area contributed by atoms with Crippen LogP contribution in [0.5, 0.6) is 0 Å². The molecule has 6 nitrogen and oxygen atoms in total. The monoisotopic (exact) mass is 135 g/mol. The second-order valence-corrected chi connectivity index (χ2v) is 1.02. The molecular formula is C4HN5O. The first-order chi connectivity index (χ1) is 4.76. The van der Waals surface area contributed by atoms with Gasteiger partial charge >= 0.3 is 11.1 Å². The van der Waals surface area contributed by atoms with Crippen LogP contribution in [0.2, 0.25) is 0 Å². The number of hydrogen-bond donors (Lipinski definition) is 1. The topological polar surface area (TPSA) is 45.4 Å². The second-order valence-electron chi connectivity index (χ2n) is 1.02. The van der Waals surface area contributed by atoms with Crippen LogP contribution < -0.4 is 5.43 Å². The molecule has 0 heterocycles. The van der Waals surface area contributed by atoms with E-state index >= 15 is 0 Å². The molecule has 0 saturated carbocycles. The number of nitrogens with zero attached hydrogens (tertiary/aromatic N) is 4. The van der Waals surface area contributed by atoms with Crippen LogP contribution in [-0.2, 0) is 0 Å². The average molecular weight is 135 g/mol. The maximum absolute atomic E-state index is 10.4. The van der Waals surface area contributed by atoms with Crippen LogP contribution >= 0.6 is 0 Å². The average Bonchev–Trinajstić information content (AvgIpc) is 1.91. The van der Waals surface area contributed by atoms with Crippen molar-refractivity contribution in [2.24, 2.45) is 0 Å². The van der Waals surface area contributed by atoms with Crippen molar-refractivity contribution < 1.29 is 4.79 Å². The number of amides is 2. The van der Waals surface area contributed by atoms with Crippen LogP contribution in [-0.4, -0.2) is 11.1 Å². The third-order valence-electron chi connectivity index (χ3n) is 0.523. The normalized spacial score (nSPS) is 6.10. The molecule has 0 radical (unpaired) electrons. The fourth-order valence-corrected chi connectivity index (χ4v) is 0.206. The molecule has 0 atom stereocenters. The van der Waals surface area contributed by atoms with E-state index in [-0.39, 0.29) is 5.12 Å². The summed E-state index contributed by atoms with van der Waals surface area (Å²) in [6.07, 6.45) is 0. The number of urea groups is 1. The molecule has 0 aliphatic heterocycles. The number of carbonyl (C=O) groups excluding carboxylic acids is 1. The predicted octanol–water partition coefficient (Wildman–Crippen LogP) is 0.501. The summed E-state index contributed by atoms with van der Waals surface area (Å²) in [7, 11) is 0. The minimum absolute atomic E-state index is 0.123. The smallest absolute Gasteiger partial charge is 0.226 e. The molecule has 0 rings (SSSR count). The Bertz CT molecular complexity index is 236. The van der Waals surface area contributed by atoms with Crippen LogP contribution in [0.15, 0.2) is 0 Å². The van der Waals surface area contributed by atoms with Crippen LogP contribution in [0, 0.1) is 19.7 Å². The van der Waals surface area contributed by atoms with E-state index in [4.69, 9.17) is 19.7 Å². The lowest BCUT2D eigenvalue weighted by Gasteiger charge is -1.83. The highest BCUT2D eigenvalue weighted by Crippen LogP contribution is 1.89. The highest BCUT2D eigenvalue weighted by atomic mass is 16.2. The number of nitrogens with one attached hydrogen (secondary N) is 1. The Morgan fingerprint density at radius 3 is 2.10 bits per heavy atom. The van der Waals surface area contributed by atoms with Crippen molar-refractivity contribution in [2.75, 3.05) is 0 Å². The molecule has 48 valence electrons. The summed E-state index contributed by atoms with van der Waals surface area (Å²) in [6, 6.07) is -1.03. The Kier molecular flexibility index (Phi) is 2.87. The van der Waals surface area contributed by atoms with Crippen LogP contribution in [0.25, 0.3) is 14.9 Å². The van der Waals surface area contributed by atoms with Gasteiger partial charge in [0.05, 0.1) is 0 Å². The van der Waals surface area contributed by atoms with Gasteiger partial charge in [-0.3, -0.25) is 0 Å². The van der Waals surface area contributed by atoms with Gasteiger partial charge in [0.25, 0.3) is 0 Å². The van der Waals surface area contributed by atoms with Gasteiger partial charge in [0, 0.05) is 0 Å². The highest BCUT2D eigenvalue weighted by molar-refractivity contribution is 5.75. The van der Waals surface area contributed by atoms with Gasteiger partial charge in [-0.05, 0) is 5.43 Å². The zero-order chi connectivity index (χ0) is 7.98. The van der Waals surface area contributed by atoms with Crippen LogP contribution in [0.3, 0.4) is 0 Å². The molecule has 0 spiro atoms. The minimum atomic E-state index is -1.03. The van der Waals surface area contributed by atoms with Crippen molar-refractivity contribution in [1.29, 1.82) is 0 Å². The van der Waals surface area contributed by atoms with E-state index in [1.807, 2.05) is 0 Å².